The Morgan fingerprint density at radius 3 is 2.71 bits per heavy atom. The lowest BCUT2D eigenvalue weighted by molar-refractivity contribution is 0.0946. The number of hydrogen-bond donors (Lipinski definition) is 2. The van der Waals surface area contributed by atoms with E-state index in [-0.39, 0.29) is 11.6 Å². The number of amides is 1. The molecule has 0 atom stereocenters. The van der Waals surface area contributed by atoms with Gasteiger partial charge in [0.25, 0.3) is 5.91 Å². The Morgan fingerprint density at radius 2 is 2.00 bits per heavy atom. The summed E-state index contributed by atoms with van der Waals surface area (Å²) >= 11 is 5.44. The first-order valence-corrected chi connectivity index (χ1v) is 6.54. The number of carbonyl (C=O) groups excluding carboxylic acids is 1. The van der Waals surface area contributed by atoms with Crippen molar-refractivity contribution >= 4 is 23.2 Å². The summed E-state index contributed by atoms with van der Waals surface area (Å²) in [5.41, 5.74) is 7.61. The van der Waals surface area contributed by atoms with E-state index >= 15 is 0 Å². The number of nitrogen functional groups attached to an aromatic ring is 1. The largest absolute Gasteiger partial charge is 0.399 e. The van der Waals surface area contributed by atoms with Gasteiger partial charge in [-0.25, -0.2) is 8.78 Å². The molecule has 6 heteroatoms. The second-order valence-corrected chi connectivity index (χ2v) is 4.97. The van der Waals surface area contributed by atoms with Crippen LogP contribution in [0.25, 0.3) is 0 Å². The van der Waals surface area contributed by atoms with E-state index < -0.39 is 23.1 Å². The SMILES string of the molecule is Cc1c(N)cccc1CNC(=O)c1cc(F)c(Cl)cc1F. The van der Waals surface area contributed by atoms with Gasteiger partial charge in [-0.05, 0) is 36.2 Å². The van der Waals surface area contributed by atoms with Gasteiger partial charge in [-0.2, -0.15) is 0 Å². The third-order valence-electron chi connectivity index (χ3n) is 3.18. The van der Waals surface area contributed by atoms with Gasteiger partial charge in [-0.1, -0.05) is 23.7 Å². The van der Waals surface area contributed by atoms with Gasteiger partial charge in [0.05, 0.1) is 10.6 Å². The Balaban J connectivity index is 2.16. The van der Waals surface area contributed by atoms with Crippen molar-refractivity contribution in [2.75, 3.05) is 5.73 Å². The summed E-state index contributed by atoms with van der Waals surface area (Å²) in [6, 6.07) is 6.85. The summed E-state index contributed by atoms with van der Waals surface area (Å²) in [4.78, 5) is 11.9. The average molecular weight is 311 g/mol. The van der Waals surface area contributed by atoms with E-state index in [2.05, 4.69) is 5.32 Å². The highest BCUT2D eigenvalue weighted by molar-refractivity contribution is 6.30. The van der Waals surface area contributed by atoms with Gasteiger partial charge in [0, 0.05) is 12.2 Å². The molecule has 0 aliphatic heterocycles. The number of rotatable bonds is 3. The van der Waals surface area contributed by atoms with Gasteiger partial charge in [-0.15, -0.1) is 0 Å². The zero-order valence-corrected chi connectivity index (χ0v) is 12.0. The van der Waals surface area contributed by atoms with Gasteiger partial charge >= 0.3 is 0 Å². The molecular weight excluding hydrogens is 298 g/mol. The maximum Gasteiger partial charge on any atom is 0.254 e. The lowest BCUT2D eigenvalue weighted by Gasteiger charge is -2.10. The predicted octanol–water partition coefficient (Wildman–Crippen LogP) is 3.44. The van der Waals surface area contributed by atoms with E-state index in [1.165, 1.54) is 0 Å². The van der Waals surface area contributed by atoms with Crippen LogP contribution in [0.3, 0.4) is 0 Å². The van der Waals surface area contributed by atoms with Crippen LogP contribution < -0.4 is 11.1 Å². The molecule has 3 N–H and O–H groups in total. The van der Waals surface area contributed by atoms with Gasteiger partial charge in [0.15, 0.2) is 0 Å². The van der Waals surface area contributed by atoms with Crippen LogP contribution >= 0.6 is 11.6 Å². The van der Waals surface area contributed by atoms with E-state index in [9.17, 15) is 13.6 Å². The molecule has 0 saturated carbocycles. The molecule has 0 aliphatic carbocycles. The van der Waals surface area contributed by atoms with Crippen molar-refractivity contribution in [2.24, 2.45) is 0 Å². The van der Waals surface area contributed by atoms with Crippen molar-refractivity contribution in [3.63, 3.8) is 0 Å². The number of hydrogen-bond acceptors (Lipinski definition) is 2. The molecule has 3 nitrogen and oxygen atoms in total. The molecule has 21 heavy (non-hydrogen) atoms. The maximum atomic E-state index is 13.6. The van der Waals surface area contributed by atoms with Crippen LogP contribution in [0.1, 0.15) is 21.5 Å². The Morgan fingerprint density at radius 1 is 1.29 bits per heavy atom. The second-order valence-electron chi connectivity index (χ2n) is 4.56. The van der Waals surface area contributed by atoms with Crippen LogP contribution in [0.5, 0.6) is 0 Å². The third kappa shape index (κ3) is 3.31. The molecule has 0 spiro atoms. The zero-order valence-electron chi connectivity index (χ0n) is 11.2. The van der Waals surface area contributed by atoms with E-state index in [0.29, 0.717) is 5.69 Å². The predicted molar refractivity (Wildman–Crippen MR) is 78.1 cm³/mol. The zero-order chi connectivity index (χ0) is 15.6. The average Bonchev–Trinajstić information content (AvgIpc) is 2.44. The number of nitrogens with one attached hydrogen (secondary N) is 1. The number of carbonyl (C=O) groups is 1. The molecule has 0 unspecified atom stereocenters. The van der Waals surface area contributed by atoms with E-state index in [1.54, 1.807) is 18.2 Å². The fourth-order valence-electron chi connectivity index (χ4n) is 1.86. The molecule has 0 radical (unpaired) electrons. The van der Waals surface area contributed by atoms with Gasteiger partial charge < -0.3 is 11.1 Å². The van der Waals surface area contributed by atoms with Crippen molar-refractivity contribution in [1.29, 1.82) is 0 Å². The number of anilines is 1. The standard InChI is InChI=1S/C15H13ClF2N2O/c1-8-9(3-2-4-14(8)19)7-20-15(21)10-5-13(18)11(16)6-12(10)17/h2-6H,7,19H2,1H3,(H,20,21). The lowest BCUT2D eigenvalue weighted by Crippen LogP contribution is -2.24. The molecule has 0 bridgehead atoms. The van der Waals surface area contributed by atoms with Crippen LogP contribution in [0.15, 0.2) is 30.3 Å². The molecule has 0 saturated heterocycles. The maximum absolute atomic E-state index is 13.6. The highest BCUT2D eigenvalue weighted by Gasteiger charge is 2.15. The summed E-state index contributed by atoms with van der Waals surface area (Å²) < 4.78 is 26.9. The van der Waals surface area contributed by atoms with Crippen LogP contribution in [-0.4, -0.2) is 5.91 Å². The van der Waals surface area contributed by atoms with Gasteiger partial charge in [0.2, 0.25) is 0 Å². The van der Waals surface area contributed by atoms with Gasteiger partial charge in [0.1, 0.15) is 11.6 Å². The van der Waals surface area contributed by atoms with Crippen LogP contribution in [0, 0.1) is 18.6 Å². The molecule has 2 aromatic rings. The van der Waals surface area contributed by atoms with Crippen LogP contribution in [0.4, 0.5) is 14.5 Å². The minimum absolute atomic E-state index is 0.166. The molecular formula is C15H13ClF2N2O. The molecule has 0 fully saturated rings. The topological polar surface area (TPSA) is 55.1 Å². The first-order chi connectivity index (χ1) is 9.90. The molecule has 1 amide bonds. The molecule has 110 valence electrons. The van der Waals surface area contributed by atoms with Crippen molar-refractivity contribution in [1.82, 2.24) is 5.32 Å². The Labute approximate surface area is 125 Å². The summed E-state index contributed by atoms with van der Waals surface area (Å²) in [5.74, 6) is -2.43. The molecule has 0 heterocycles. The Hall–Kier alpha value is -2.14. The summed E-state index contributed by atoms with van der Waals surface area (Å²) in [5, 5.41) is 2.16. The highest BCUT2D eigenvalue weighted by atomic mass is 35.5. The number of halogens is 3. The van der Waals surface area contributed by atoms with Crippen molar-refractivity contribution < 1.29 is 13.6 Å². The minimum Gasteiger partial charge on any atom is -0.399 e. The Kier molecular flexibility index (Phi) is 4.43. The number of benzene rings is 2. The summed E-state index contributed by atoms with van der Waals surface area (Å²) in [6.07, 6.45) is 0. The normalized spacial score (nSPS) is 10.5. The molecule has 2 rings (SSSR count). The number of nitrogens with two attached hydrogens (primary N) is 1. The molecule has 0 aromatic heterocycles. The van der Waals surface area contributed by atoms with Crippen LogP contribution in [-0.2, 0) is 6.54 Å². The first-order valence-electron chi connectivity index (χ1n) is 6.17. The van der Waals surface area contributed by atoms with Crippen molar-refractivity contribution in [3.05, 3.63) is 63.7 Å². The lowest BCUT2D eigenvalue weighted by atomic mass is 10.1. The smallest absolute Gasteiger partial charge is 0.254 e. The fourth-order valence-corrected chi connectivity index (χ4v) is 2.01. The van der Waals surface area contributed by atoms with Crippen LogP contribution in [0.2, 0.25) is 5.02 Å². The fraction of sp³-hybridized carbons (Fsp3) is 0.133. The molecule has 2 aromatic carbocycles. The summed E-state index contributed by atoms with van der Waals surface area (Å²) in [6.45, 7) is 1.98. The Bertz CT molecular complexity index is 704. The minimum atomic E-state index is -0.872. The van der Waals surface area contributed by atoms with Crippen molar-refractivity contribution in [3.8, 4) is 0 Å². The van der Waals surface area contributed by atoms with E-state index in [0.717, 1.165) is 23.3 Å². The molecule has 0 aliphatic rings. The van der Waals surface area contributed by atoms with Crippen molar-refractivity contribution in [2.45, 2.75) is 13.5 Å². The highest BCUT2D eigenvalue weighted by Crippen LogP contribution is 2.20. The van der Waals surface area contributed by atoms with E-state index in [1.807, 2.05) is 6.92 Å². The van der Waals surface area contributed by atoms with E-state index in [4.69, 9.17) is 17.3 Å². The first kappa shape index (κ1) is 15.3. The van der Waals surface area contributed by atoms with Gasteiger partial charge in [-0.3, -0.25) is 4.79 Å². The monoisotopic (exact) mass is 310 g/mol. The quantitative estimate of drug-likeness (QED) is 0.674. The second kappa shape index (κ2) is 6.10. The third-order valence-corrected chi connectivity index (χ3v) is 3.47. The summed E-state index contributed by atoms with van der Waals surface area (Å²) in [7, 11) is 0.